The third-order valence-electron chi connectivity index (χ3n) is 4.17. The van der Waals surface area contributed by atoms with Gasteiger partial charge in [-0.05, 0) is 44.5 Å². The van der Waals surface area contributed by atoms with Crippen LogP contribution in [0.2, 0.25) is 0 Å². The number of nitrogens with zero attached hydrogens (tertiary/aromatic N) is 2. The summed E-state index contributed by atoms with van der Waals surface area (Å²) in [6.07, 6.45) is 2.95. The van der Waals surface area contributed by atoms with Gasteiger partial charge in [-0.25, -0.2) is 9.78 Å². The van der Waals surface area contributed by atoms with Crippen LogP contribution in [0.1, 0.15) is 32.8 Å². The third kappa shape index (κ3) is 5.35. The average molecular weight is 405 g/mol. The SMILES string of the molecule is CC(C)(C)OC(=O)NCCC(=O)Nc1ccc(-c2cnc3[nH]cc(C#N)c3c2)cc1. The van der Waals surface area contributed by atoms with E-state index in [2.05, 4.69) is 26.7 Å². The minimum absolute atomic E-state index is 0.131. The van der Waals surface area contributed by atoms with E-state index in [9.17, 15) is 14.9 Å². The van der Waals surface area contributed by atoms with Gasteiger partial charge < -0.3 is 20.4 Å². The van der Waals surface area contributed by atoms with Crippen molar-refractivity contribution >= 4 is 28.7 Å². The summed E-state index contributed by atoms with van der Waals surface area (Å²) < 4.78 is 5.12. The largest absolute Gasteiger partial charge is 0.444 e. The number of hydrogen-bond acceptors (Lipinski definition) is 5. The molecule has 8 nitrogen and oxygen atoms in total. The van der Waals surface area contributed by atoms with Crippen molar-refractivity contribution in [3.8, 4) is 17.2 Å². The van der Waals surface area contributed by atoms with Gasteiger partial charge in [0.15, 0.2) is 0 Å². The Morgan fingerprint density at radius 2 is 1.93 bits per heavy atom. The normalized spacial score (nSPS) is 11.0. The van der Waals surface area contributed by atoms with Crippen molar-refractivity contribution in [1.82, 2.24) is 15.3 Å². The van der Waals surface area contributed by atoms with Crippen LogP contribution in [0.3, 0.4) is 0 Å². The number of carbonyl (C=O) groups excluding carboxylic acids is 2. The van der Waals surface area contributed by atoms with Crippen molar-refractivity contribution in [3.05, 3.63) is 48.3 Å². The van der Waals surface area contributed by atoms with E-state index in [4.69, 9.17) is 4.74 Å². The number of pyridine rings is 1. The summed E-state index contributed by atoms with van der Waals surface area (Å²) in [5.74, 6) is -0.215. The first-order valence-electron chi connectivity index (χ1n) is 9.49. The molecule has 2 heterocycles. The highest BCUT2D eigenvalue weighted by Crippen LogP contribution is 2.25. The second-order valence-electron chi connectivity index (χ2n) is 7.74. The van der Waals surface area contributed by atoms with Crippen LogP contribution in [-0.2, 0) is 9.53 Å². The zero-order chi connectivity index (χ0) is 21.7. The number of anilines is 1. The molecule has 0 aliphatic carbocycles. The molecule has 0 saturated carbocycles. The number of rotatable bonds is 5. The molecule has 0 bridgehead atoms. The summed E-state index contributed by atoms with van der Waals surface area (Å²) in [4.78, 5) is 31.0. The van der Waals surface area contributed by atoms with Crippen molar-refractivity contribution in [3.63, 3.8) is 0 Å². The molecular weight excluding hydrogens is 382 g/mol. The lowest BCUT2D eigenvalue weighted by atomic mass is 10.1. The summed E-state index contributed by atoms with van der Waals surface area (Å²) in [6.45, 7) is 5.51. The second kappa shape index (κ2) is 8.66. The number of alkyl carbamates (subject to hydrolysis) is 1. The molecule has 8 heteroatoms. The van der Waals surface area contributed by atoms with Gasteiger partial charge in [0.2, 0.25) is 5.91 Å². The Hall–Kier alpha value is -3.86. The summed E-state index contributed by atoms with van der Waals surface area (Å²) >= 11 is 0. The van der Waals surface area contributed by atoms with E-state index in [-0.39, 0.29) is 18.9 Å². The van der Waals surface area contributed by atoms with Crippen LogP contribution in [0, 0.1) is 11.3 Å². The number of H-pyrrole nitrogens is 1. The molecule has 2 aromatic heterocycles. The predicted octanol–water partition coefficient (Wildman–Crippen LogP) is 3.95. The summed E-state index contributed by atoms with van der Waals surface area (Å²) in [6, 6.07) is 11.4. The van der Waals surface area contributed by atoms with Crippen LogP contribution in [0.25, 0.3) is 22.2 Å². The standard InChI is InChI=1S/C22H23N5O3/c1-22(2,3)30-21(29)24-9-8-19(28)27-17-6-4-14(5-7-17)15-10-18-16(11-23)13-26-20(18)25-12-15/h4-7,10,12-13H,8-9H2,1-3H3,(H,24,29)(H,25,26)(H,27,28). The molecule has 3 rings (SSSR count). The number of amides is 2. The Morgan fingerprint density at radius 3 is 2.60 bits per heavy atom. The van der Waals surface area contributed by atoms with Crippen molar-refractivity contribution in [2.75, 3.05) is 11.9 Å². The van der Waals surface area contributed by atoms with Gasteiger partial charge in [0.25, 0.3) is 0 Å². The van der Waals surface area contributed by atoms with Gasteiger partial charge in [-0.1, -0.05) is 12.1 Å². The van der Waals surface area contributed by atoms with Crippen molar-refractivity contribution in [2.45, 2.75) is 32.8 Å². The Labute approximate surface area is 174 Å². The van der Waals surface area contributed by atoms with Crippen molar-refractivity contribution < 1.29 is 14.3 Å². The first kappa shape index (κ1) is 20.9. The topological polar surface area (TPSA) is 120 Å². The van der Waals surface area contributed by atoms with Gasteiger partial charge >= 0.3 is 6.09 Å². The number of aromatic amines is 1. The highest BCUT2D eigenvalue weighted by Gasteiger charge is 2.16. The molecule has 1 aromatic carbocycles. The fraction of sp³-hybridized carbons (Fsp3) is 0.273. The molecule has 0 spiro atoms. The summed E-state index contributed by atoms with van der Waals surface area (Å²) in [5.41, 5.74) is 3.07. The van der Waals surface area contributed by atoms with E-state index < -0.39 is 11.7 Å². The van der Waals surface area contributed by atoms with Gasteiger partial charge in [0, 0.05) is 42.0 Å². The lowest BCUT2D eigenvalue weighted by Crippen LogP contribution is -2.34. The van der Waals surface area contributed by atoms with Gasteiger partial charge in [0.05, 0.1) is 5.56 Å². The van der Waals surface area contributed by atoms with Crippen LogP contribution < -0.4 is 10.6 Å². The molecule has 2 amide bonds. The lowest BCUT2D eigenvalue weighted by Gasteiger charge is -2.19. The highest BCUT2D eigenvalue weighted by molar-refractivity contribution is 5.91. The van der Waals surface area contributed by atoms with Crippen LogP contribution in [-0.4, -0.2) is 34.1 Å². The number of aromatic nitrogens is 2. The zero-order valence-electron chi connectivity index (χ0n) is 17.1. The predicted molar refractivity (Wildman–Crippen MR) is 114 cm³/mol. The number of nitriles is 1. The first-order chi connectivity index (χ1) is 14.2. The molecule has 3 N–H and O–H groups in total. The first-order valence-corrected chi connectivity index (χ1v) is 9.49. The Morgan fingerprint density at radius 1 is 1.20 bits per heavy atom. The van der Waals surface area contributed by atoms with E-state index >= 15 is 0 Å². The highest BCUT2D eigenvalue weighted by atomic mass is 16.6. The maximum atomic E-state index is 12.1. The maximum Gasteiger partial charge on any atom is 0.407 e. The zero-order valence-corrected chi connectivity index (χ0v) is 17.1. The van der Waals surface area contributed by atoms with Gasteiger partial charge in [-0.2, -0.15) is 5.26 Å². The molecule has 0 saturated heterocycles. The maximum absolute atomic E-state index is 12.1. The van der Waals surface area contributed by atoms with Crippen LogP contribution >= 0.6 is 0 Å². The minimum Gasteiger partial charge on any atom is -0.444 e. The van der Waals surface area contributed by atoms with Gasteiger partial charge in [0.1, 0.15) is 17.3 Å². The van der Waals surface area contributed by atoms with Gasteiger partial charge in [-0.3, -0.25) is 4.79 Å². The number of ether oxygens (including phenoxy) is 1. The molecule has 154 valence electrons. The Balaban J connectivity index is 1.56. The number of carbonyl (C=O) groups is 2. The molecule has 0 radical (unpaired) electrons. The minimum atomic E-state index is -0.578. The van der Waals surface area contributed by atoms with Crippen molar-refractivity contribution in [1.29, 1.82) is 5.26 Å². The number of benzene rings is 1. The van der Waals surface area contributed by atoms with Gasteiger partial charge in [-0.15, -0.1) is 0 Å². The molecule has 0 unspecified atom stereocenters. The quantitative estimate of drug-likeness (QED) is 0.593. The van der Waals surface area contributed by atoms with Crippen LogP contribution in [0.4, 0.5) is 10.5 Å². The summed E-state index contributed by atoms with van der Waals surface area (Å²) in [5, 5.41) is 15.3. The molecule has 3 aromatic rings. The second-order valence-corrected chi connectivity index (χ2v) is 7.74. The summed E-state index contributed by atoms with van der Waals surface area (Å²) in [7, 11) is 0. The molecule has 0 fully saturated rings. The lowest BCUT2D eigenvalue weighted by molar-refractivity contribution is -0.116. The van der Waals surface area contributed by atoms with E-state index in [1.165, 1.54) is 0 Å². The molecular formula is C22H23N5O3. The fourth-order valence-electron chi connectivity index (χ4n) is 2.82. The van der Waals surface area contributed by atoms with E-state index in [1.807, 2.05) is 18.2 Å². The average Bonchev–Trinajstić information content (AvgIpc) is 3.09. The van der Waals surface area contributed by atoms with Crippen LogP contribution in [0.5, 0.6) is 0 Å². The van der Waals surface area contributed by atoms with E-state index in [0.29, 0.717) is 16.9 Å². The molecule has 0 aliphatic rings. The number of hydrogen-bond donors (Lipinski definition) is 3. The number of nitrogens with one attached hydrogen (secondary N) is 3. The monoisotopic (exact) mass is 405 g/mol. The third-order valence-corrected chi connectivity index (χ3v) is 4.17. The molecule has 30 heavy (non-hydrogen) atoms. The van der Waals surface area contributed by atoms with Crippen LogP contribution in [0.15, 0.2) is 42.7 Å². The Kier molecular flexibility index (Phi) is 6.02. The molecule has 0 atom stereocenters. The fourth-order valence-corrected chi connectivity index (χ4v) is 2.82. The molecule has 0 aliphatic heterocycles. The van der Waals surface area contributed by atoms with E-state index in [0.717, 1.165) is 16.5 Å². The smallest absolute Gasteiger partial charge is 0.407 e. The number of fused-ring (bicyclic) bond motifs is 1. The van der Waals surface area contributed by atoms with E-state index in [1.54, 1.807) is 45.3 Å². The van der Waals surface area contributed by atoms with Crippen molar-refractivity contribution in [2.24, 2.45) is 0 Å². The Bertz CT molecular complexity index is 1100.